The molecule has 1 aromatic heterocycles. The third kappa shape index (κ3) is 3.06. The van der Waals surface area contributed by atoms with Gasteiger partial charge in [0.15, 0.2) is 0 Å². The van der Waals surface area contributed by atoms with E-state index >= 15 is 0 Å². The van der Waals surface area contributed by atoms with E-state index in [1.54, 1.807) is 6.07 Å². The molecule has 2 fully saturated rings. The summed E-state index contributed by atoms with van der Waals surface area (Å²) < 4.78 is 18.4. The highest BCUT2D eigenvalue weighted by Crippen LogP contribution is 2.34. The summed E-state index contributed by atoms with van der Waals surface area (Å²) in [5, 5.41) is 9.46. The molecule has 2 aliphatic heterocycles. The van der Waals surface area contributed by atoms with Crippen LogP contribution in [0.15, 0.2) is 18.3 Å². The fourth-order valence-electron chi connectivity index (χ4n) is 3.34. The molecule has 1 aromatic rings. The number of aromatic nitrogens is 1. The van der Waals surface area contributed by atoms with Crippen LogP contribution in [-0.4, -0.2) is 53.3 Å². The monoisotopic (exact) mass is 294 g/mol. The van der Waals surface area contributed by atoms with E-state index in [0.29, 0.717) is 24.8 Å². The minimum absolute atomic E-state index is 0.175. The van der Waals surface area contributed by atoms with Crippen molar-refractivity contribution in [1.29, 1.82) is 0 Å². The van der Waals surface area contributed by atoms with Crippen LogP contribution < -0.4 is 0 Å². The molecule has 0 unspecified atom stereocenters. The molecule has 1 N–H and O–H groups in total. The summed E-state index contributed by atoms with van der Waals surface area (Å²) in [5.74, 6) is -1.86. The van der Waals surface area contributed by atoms with E-state index in [4.69, 9.17) is 4.74 Å². The number of carboxylic acids is 1. The molecule has 6 heteroatoms. The number of hydrogen-bond donors (Lipinski definition) is 1. The molecule has 114 valence electrons. The minimum atomic E-state index is -0.805. The van der Waals surface area contributed by atoms with Crippen LogP contribution in [0.4, 0.5) is 4.39 Å². The van der Waals surface area contributed by atoms with Gasteiger partial charge in [-0.2, -0.15) is 0 Å². The predicted molar refractivity (Wildman–Crippen MR) is 73.5 cm³/mol. The van der Waals surface area contributed by atoms with Gasteiger partial charge in [-0.3, -0.25) is 14.7 Å². The summed E-state index contributed by atoms with van der Waals surface area (Å²) in [6.07, 6.45) is 3.04. The van der Waals surface area contributed by atoms with Crippen LogP contribution in [0.2, 0.25) is 0 Å². The van der Waals surface area contributed by atoms with Crippen molar-refractivity contribution in [2.24, 2.45) is 5.92 Å². The smallest absolute Gasteiger partial charge is 0.308 e. The van der Waals surface area contributed by atoms with Crippen LogP contribution in [0.3, 0.4) is 0 Å². The van der Waals surface area contributed by atoms with Crippen molar-refractivity contribution in [1.82, 2.24) is 9.88 Å². The van der Waals surface area contributed by atoms with Crippen LogP contribution >= 0.6 is 0 Å². The van der Waals surface area contributed by atoms with Gasteiger partial charge in [-0.25, -0.2) is 4.39 Å². The number of likely N-dealkylation sites (tertiary alicyclic amines) is 1. The van der Waals surface area contributed by atoms with Gasteiger partial charge >= 0.3 is 5.97 Å². The van der Waals surface area contributed by atoms with Crippen molar-refractivity contribution in [3.63, 3.8) is 0 Å². The molecule has 5 nitrogen and oxygen atoms in total. The highest BCUT2D eigenvalue weighted by Gasteiger charge is 2.41. The second kappa shape index (κ2) is 6.07. The number of aliphatic carboxylic acids is 1. The Morgan fingerprint density at radius 2 is 2.10 bits per heavy atom. The maximum atomic E-state index is 13.0. The zero-order valence-electron chi connectivity index (χ0n) is 11.7. The van der Waals surface area contributed by atoms with Crippen molar-refractivity contribution in [2.75, 3.05) is 26.3 Å². The van der Waals surface area contributed by atoms with Gasteiger partial charge < -0.3 is 9.84 Å². The van der Waals surface area contributed by atoms with Gasteiger partial charge in [0.05, 0.1) is 12.1 Å². The second-order valence-electron chi connectivity index (χ2n) is 5.75. The molecule has 0 amide bonds. The van der Waals surface area contributed by atoms with Crippen LogP contribution in [0.25, 0.3) is 0 Å². The molecule has 0 spiro atoms. The molecule has 21 heavy (non-hydrogen) atoms. The molecule has 0 saturated carbocycles. The minimum Gasteiger partial charge on any atom is -0.481 e. The van der Waals surface area contributed by atoms with E-state index < -0.39 is 17.7 Å². The number of halogens is 1. The first-order valence-corrected chi connectivity index (χ1v) is 7.31. The maximum absolute atomic E-state index is 13.0. The molecule has 2 saturated heterocycles. The quantitative estimate of drug-likeness (QED) is 0.915. The number of carbonyl (C=O) groups is 1. The highest BCUT2D eigenvalue weighted by atomic mass is 19.1. The third-order valence-electron chi connectivity index (χ3n) is 4.50. The Hall–Kier alpha value is -1.53. The van der Waals surface area contributed by atoms with Gasteiger partial charge in [0, 0.05) is 44.0 Å². The Labute approximate surface area is 122 Å². The normalized spacial score (nSPS) is 27.9. The molecule has 2 atom stereocenters. The van der Waals surface area contributed by atoms with Crippen LogP contribution in [0.5, 0.6) is 0 Å². The summed E-state index contributed by atoms with van der Waals surface area (Å²) in [4.78, 5) is 17.8. The first-order chi connectivity index (χ1) is 10.1. The van der Waals surface area contributed by atoms with Crippen molar-refractivity contribution in [3.8, 4) is 0 Å². The fourth-order valence-corrected chi connectivity index (χ4v) is 3.34. The average molecular weight is 294 g/mol. The molecule has 0 aliphatic carbocycles. The van der Waals surface area contributed by atoms with Crippen LogP contribution in [0.1, 0.15) is 24.5 Å². The molecule has 3 rings (SSSR count). The summed E-state index contributed by atoms with van der Waals surface area (Å²) in [6, 6.07) is 3.33. The maximum Gasteiger partial charge on any atom is 0.308 e. The topological polar surface area (TPSA) is 62.7 Å². The number of hydrogen-bond acceptors (Lipinski definition) is 4. The number of rotatable bonds is 3. The zero-order valence-corrected chi connectivity index (χ0v) is 11.7. The van der Waals surface area contributed by atoms with Gasteiger partial charge in [0.25, 0.3) is 0 Å². The van der Waals surface area contributed by atoms with E-state index in [-0.39, 0.29) is 5.92 Å². The highest BCUT2D eigenvalue weighted by molar-refractivity contribution is 5.72. The van der Waals surface area contributed by atoms with Gasteiger partial charge in [-0.1, -0.05) is 0 Å². The van der Waals surface area contributed by atoms with Gasteiger partial charge in [-0.05, 0) is 25.0 Å². The van der Waals surface area contributed by atoms with E-state index in [0.717, 1.165) is 32.3 Å². The average Bonchev–Trinajstić information content (AvgIpc) is 2.94. The number of carboxylic acid groups (broad SMARTS) is 1. The second-order valence-corrected chi connectivity index (χ2v) is 5.75. The molecule has 0 aromatic carbocycles. The Balaban J connectivity index is 1.78. The molecule has 3 heterocycles. The van der Waals surface area contributed by atoms with E-state index in [1.807, 2.05) is 0 Å². The van der Waals surface area contributed by atoms with E-state index in [9.17, 15) is 14.3 Å². The number of pyridine rings is 1. The summed E-state index contributed by atoms with van der Waals surface area (Å²) in [6.45, 7) is 2.67. The standard InChI is InChI=1S/C15H19FN2O3/c16-10-1-2-14(17-7-10)12-8-18(9-13(12)15(19)20)11-3-5-21-6-4-11/h1-2,7,11-13H,3-6,8-9H2,(H,19,20)/t12-,13-/m1/s1. The Morgan fingerprint density at radius 1 is 1.33 bits per heavy atom. The van der Waals surface area contributed by atoms with Crippen molar-refractivity contribution >= 4 is 5.97 Å². The summed E-state index contributed by atoms with van der Waals surface area (Å²) >= 11 is 0. The van der Waals surface area contributed by atoms with E-state index in [2.05, 4.69) is 9.88 Å². The van der Waals surface area contributed by atoms with Crippen molar-refractivity contribution < 1.29 is 19.0 Å². The lowest BCUT2D eigenvalue weighted by atomic mass is 9.92. The Bertz CT molecular complexity index is 502. The molecule has 0 bridgehead atoms. The lowest BCUT2D eigenvalue weighted by molar-refractivity contribution is -0.141. The third-order valence-corrected chi connectivity index (χ3v) is 4.50. The van der Waals surface area contributed by atoms with Crippen molar-refractivity contribution in [2.45, 2.75) is 24.8 Å². The lowest BCUT2D eigenvalue weighted by Crippen LogP contribution is -2.38. The number of nitrogens with zero attached hydrogens (tertiary/aromatic N) is 2. The summed E-state index contributed by atoms with van der Waals surface area (Å²) in [5.41, 5.74) is 0.665. The first kappa shape index (κ1) is 14.4. The van der Waals surface area contributed by atoms with Gasteiger partial charge in [-0.15, -0.1) is 0 Å². The molecule has 0 radical (unpaired) electrons. The van der Waals surface area contributed by atoms with Gasteiger partial charge in [0.2, 0.25) is 0 Å². The zero-order chi connectivity index (χ0) is 14.8. The van der Waals surface area contributed by atoms with Crippen LogP contribution in [-0.2, 0) is 9.53 Å². The molecular formula is C15H19FN2O3. The van der Waals surface area contributed by atoms with E-state index in [1.165, 1.54) is 6.07 Å². The fraction of sp³-hybridized carbons (Fsp3) is 0.600. The lowest BCUT2D eigenvalue weighted by Gasteiger charge is -2.31. The SMILES string of the molecule is O=C(O)[C@@H]1CN(C2CCOCC2)C[C@H]1c1ccc(F)cn1. The Kier molecular flexibility index (Phi) is 4.17. The first-order valence-electron chi connectivity index (χ1n) is 7.31. The molecular weight excluding hydrogens is 275 g/mol. The number of ether oxygens (including phenoxy) is 1. The Morgan fingerprint density at radius 3 is 2.71 bits per heavy atom. The summed E-state index contributed by atoms with van der Waals surface area (Å²) in [7, 11) is 0. The molecule has 2 aliphatic rings. The largest absolute Gasteiger partial charge is 0.481 e. The predicted octanol–water partition coefficient (Wildman–Crippen LogP) is 1.50. The van der Waals surface area contributed by atoms with Crippen molar-refractivity contribution in [3.05, 3.63) is 29.8 Å². The van der Waals surface area contributed by atoms with Gasteiger partial charge in [0.1, 0.15) is 5.82 Å². The van der Waals surface area contributed by atoms with Crippen LogP contribution in [0, 0.1) is 11.7 Å².